The summed E-state index contributed by atoms with van der Waals surface area (Å²) in [5.41, 5.74) is 1.12. The van der Waals surface area contributed by atoms with Crippen LogP contribution in [0.1, 0.15) is 12.0 Å². The fourth-order valence-electron chi connectivity index (χ4n) is 1.97. The van der Waals surface area contributed by atoms with Gasteiger partial charge in [-0.15, -0.1) is 0 Å². The first-order valence-corrected chi connectivity index (χ1v) is 6.38. The molecule has 1 aromatic rings. The van der Waals surface area contributed by atoms with Crippen LogP contribution in [-0.4, -0.2) is 31.1 Å². The minimum absolute atomic E-state index is 0.757. The SMILES string of the molecule is Clc1ccc(Cl)c(CN2CCCNCC2)c1. The molecule has 1 N–H and O–H groups in total. The van der Waals surface area contributed by atoms with Crippen molar-refractivity contribution in [3.05, 3.63) is 33.8 Å². The van der Waals surface area contributed by atoms with Crippen LogP contribution in [0.5, 0.6) is 0 Å². The van der Waals surface area contributed by atoms with E-state index >= 15 is 0 Å². The van der Waals surface area contributed by atoms with Crippen molar-refractivity contribution in [3.63, 3.8) is 0 Å². The summed E-state index contributed by atoms with van der Waals surface area (Å²) in [6.45, 7) is 5.25. The number of benzene rings is 1. The summed E-state index contributed by atoms with van der Waals surface area (Å²) < 4.78 is 0. The molecule has 1 aromatic carbocycles. The summed E-state index contributed by atoms with van der Waals surface area (Å²) in [6, 6.07) is 5.66. The van der Waals surface area contributed by atoms with Crippen molar-refractivity contribution < 1.29 is 0 Å². The third-order valence-corrected chi connectivity index (χ3v) is 3.44. The van der Waals surface area contributed by atoms with E-state index in [0.717, 1.165) is 48.3 Å². The standard InChI is InChI=1S/C12H16Cl2N2/c13-11-2-3-12(14)10(8-11)9-16-6-1-4-15-5-7-16/h2-3,8,15H,1,4-7,9H2. The molecule has 0 aromatic heterocycles. The van der Waals surface area contributed by atoms with E-state index in [9.17, 15) is 0 Å². The summed E-state index contributed by atoms with van der Waals surface area (Å²) in [4.78, 5) is 2.41. The molecule has 4 heteroatoms. The molecule has 0 bridgehead atoms. The van der Waals surface area contributed by atoms with Gasteiger partial charge in [-0.25, -0.2) is 0 Å². The predicted molar refractivity (Wildman–Crippen MR) is 69.2 cm³/mol. The summed E-state index contributed by atoms with van der Waals surface area (Å²) >= 11 is 12.1. The monoisotopic (exact) mass is 258 g/mol. The number of hydrogen-bond donors (Lipinski definition) is 1. The van der Waals surface area contributed by atoms with E-state index in [-0.39, 0.29) is 0 Å². The maximum Gasteiger partial charge on any atom is 0.0452 e. The van der Waals surface area contributed by atoms with Crippen LogP contribution in [0.4, 0.5) is 0 Å². The molecule has 0 radical (unpaired) electrons. The smallest absolute Gasteiger partial charge is 0.0452 e. The van der Waals surface area contributed by atoms with Gasteiger partial charge >= 0.3 is 0 Å². The first kappa shape index (κ1) is 12.2. The normalized spacial score (nSPS) is 18.4. The van der Waals surface area contributed by atoms with Gasteiger partial charge in [0.25, 0.3) is 0 Å². The molecular formula is C12H16Cl2N2. The molecule has 16 heavy (non-hydrogen) atoms. The van der Waals surface area contributed by atoms with Gasteiger partial charge in [-0.2, -0.15) is 0 Å². The van der Waals surface area contributed by atoms with Crippen molar-refractivity contribution in [2.24, 2.45) is 0 Å². The van der Waals surface area contributed by atoms with Crippen molar-refractivity contribution in [3.8, 4) is 0 Å². The third kappa shape index (κ3) is 3.36. The Labute approximate surface area is 107 Å². The maximum atomic E-state index is 6.16. The first-order chi connectivity index (χ1) is 7.75. The second-order valence-corrected chi connectivity index (χ2v) is 4.96. The molecule has 1 aliphatic heterocycles. The highest BCUT2D eigenvalue weighted by molar-refractivity contribution is 6.33. The van der Waals surface area contributed by atoms with Gasteiger partial charge in [-0.3, -0.25) is 4.90 Å². The lowest BCUT2D eigenvalue weighted by Crippen LogP contribution is -2.27. The first-order valence-electron chi connectivity index (χ1n) is 5.63. The third-order valence-electron chi connectivity index (χ3n) is 2.83. The van der Waals surface area contributed by atoms with E-state index in [1.807, 2.05) is 18.2 Å². The second kappa shape index (κ2) is 5.87. The maximum absolute atomic E-state index is 6.16. The molecular weight excluding hydrogens is 243 g/mol. The van der Waals surface area contributed by atoms with Gasteiger partial charge in [0.2, 0.25) is 0 Å². The van der Waals surface area contributed by atoms with Crippen molar-refractivity contribution in [1.29, 1.82) is 0 Å². The fourth-order valence-corrected chi connectivity index (χ4v) is 2.34. The van der Waals surface area contributed by atoms with Gasteiger partial charge in [-0.1, -0.05) is 23.2 Å². The van der Waals surface area contributed by atoms with Crippen LogP contribution >= 0.6 is 23.2 Å². The Hall–Kier alpha value is -0.280. The van der Waals surface area contributed by atoms with E-state index in [1.165, 1.54) is 6.42 Å². The molecule has 2 nitrogen and oxygen atoms in total. The Morgan fingerprint density at radius 2 is 2.06 bits per heavy atom. The quantitative estimate of drug-likeness (QED) is 0.878. The van der Waals surface area contributed by atoms with E-state index in [1.54, 1.807) is 0 Å². The minimum Gasteiger partial charge on any atom is -0.315 e. The lowest BCUT2D eigenvalue weighted by molar-refractivity contribution is 0.284. The molecule has 2 rings (SSSR count). The summed E-state index contributed by atoms with van der Waals surface area (Å²) in [5, 5.41) is 4.95. The van der Waals surface area contributed by atoms with E-state index in [4.69, 9.17) is 23.2 Å². The number of nitrogens with zero attached hydrogens (tertiary/aromatic N) is 1. The van der Waals surface area contributed by atoms with Crippen LogP contribution in [0.15, 0.2) is 18.2 Å². The van der Waals surface area contributed by atoms with Crippen molar-refractivity contribution >= 4 is 23.2 Å². The molecule has 1 saturated heterocycles. The van der Waals surface area contributed by atoms with Gasteiger partial charge in [0.15, 0.2) is 0 Å². The molecule has 1 heterocycles. The number of nitrogens with one attached hydrogen (secondary N) is 1. The Bertz CT molecular complexity index is 347. The van der Waals surface area contributed by atoms with Crippen LogP contribution < -0.4 is 5.32 Å². The van der Waals surface area contributed by atoms with Crippen molar-refractivity contribution in [1.82, 2.24) is 10.2 Å². The van der Waals surface area contributed by atoms with E-state index < -0.39 is 0 Å². The Kier molecular flexibility index (Phi) is 4.47. The van der Waals surface area contributed by atoms with Crippen molar-refractivity contribution in [2.45, 2.75) is 13.0 Å². The van der Waals surface area contributed by atoms with Crippen LogP contribution in [0, 0.1) is 0 Å². The van der Waals surface area contributed by atoms with Gasteiger partial charge in [0.1, 0.15) is 0 Å². The highest BCUT2D eigenvalue weighted by Crippen LogP contribution is 2.22. The highest BCUT2D eigenvalue weighted by atomic mass is 35.5. The molecule has 1 aliphatic rings. The Balaban J connectivity index is 2.04. The zero-order chi connectivity index (χ0) is 11.4. The number of halogens is 2. The zero-order valence-corrected chi connectivity index (χ0v) is 10.7. The average Bonchev–Trinajstić information content (AvgIpc) is 2.52. The topological polar surface area (TPSA) is 15.3 Å². The van der Waals surface area contributed by atoms with Crippen LogP contribution in [0.25, 0.3) is 0 Å². The van der Waals surface area contributed by atoms with Gasteiger partial charge in [-0.05, 0) is 43.3 Å². The van der Waals surface area contributed by atoms with Crippen molar-refractivity contribution in [2.75, 3.05) is 26.2 Å². The molecule has 0 atom stereocenters. The Morgan fingerprint density at radius 1 is 1.19 bits per heavy atom. The highest BCUT2D eigenvalue weighted by Gasteiger charge is 2.11. The van der Waals surface area contributed by atoms with Crippen LogP contribution in [-0.2, 0) is 6.54 Å². The molecule has 0 unspecified atom stereocenters. The average molecular weight is 259 g/mol. The van der Waals surface area contributed by atoms with Crippen LogP contribution in [0.3, 0.4) is 0 Å². The molecule has 0 amide bonds. The fraction of sp³-hybridized carbons (Fsp3) is 0.500. The molecule has 88 valence electrons. The minimum atomic E-state index is 0.757. The number of hydrogen-bond acceptors (Lipinski definition) is 2. The second-order valence-electron chi connectivity index (χ2n) is 4.12. The van der Waals surface area contributed by atoms with E-state index in [0.29, 0.717) is 0 Å². The predicted octanol–water partition coefficient (Wildman–Crippen LogP) is 2.79. The lowest BCUT2D eigenvalue weighted by Gasteiger charge is -2.20. The van der Waals surface area contributed by atoms with Gasteiger partial charge < -0.3 is 5.32 Å². The molecule has 0 spiro atoms. The summed E-state index contributed by atoms with van der Waals surface area (Å²) in [5.74, 6) is 0. The summed E-state index contributed by atoms with van der Waals surface area (Å²) in [6.07, 6.45) is 1.19. The zero-order valence-electron chi connectivity index (χ0n) is 9.18. The van der Waals surface area contributed by atoms with Gasteiger partial charge in [0.05, 0.1) is 0 Å². The lowest BCUT2D eigenvalue weighted by atomic mass is 10.2. The Morgan fingerprint density at radius 3 is 2.94 bits per heavy atom. The van der Waals surface area contributed by atoms with Crippen LogP contribution in [0.2, 0.25) is 10.0 Å². The largest absolute Gasteiger partial charge is 0.315 e. The van der Waals surface area contributed by atoms with E-state index in [2.05, 4.69) is 10.2 Å². The summed E-state index contributed by atoms with van der Waals surface area (Å²) in [7, 11) is 0. The number of rotatable bonds is 2. The molecule has 1 fully saturated rings. The van der Waals surface area contributed by atoms with Gasteiger partial charge in [0, 0.05) is 29.7 Å². The molecule has 0 aliphatic carbocycles. The molecule has 0 saturated carbocycles.